The van der Waals surface area contributed by atoms with E-state index in [1.165, 1.54) is 51.4 Å². The van der Waals surface area contributed by atoms with Gasteiger partial charge in [-0.1, -0.05) is 76.7 Å². The first-order chi connectivity index (χ1) is 11.3. The highest BCUT2D eigenvalue weighted by molar-refractivity contribution is 5.89. The molecule has 0 bridgehead atoms. The molecule has 0 aliphatic carbocycles. The van der Waals surface area contributed by atoms with Crippen LogP contribution in [0.15, 0.2) is 24.3 Å². The minimum Gasteiger partial charge on any atom is -0.462 e. The number of terminal acetylenes is 1. The Morgan fingerprint density at radius 3 is 2.22 bits per heavy atom. The minimum absolute atomic E-state index is 0.280. The molecule has 0 saturated heterocycles. The lowest BCUT2D eigenvalue weighted by Crippen LogP contribution is -2.06. The number of hydrogen-bond acceptors (Lipinski definition) is 2. The van der Waals surface area contributed by atoms with E-state index < -0.39 is 0 Å². The Kier molecular flexibility index (Phi) is 10.7. The Morgan fingerprint density at radius 2 is 1.61 bits per heavy atom. The number of benzene rings is 1. The van der Waals surface area contributed by atoms with Crippen LogP contribution in [0.2, 0.25) is 0 Å². The van der Waals surface area contributed by atoms with Crippen LogP contribution < -0.4 is 0 Å². The zero-order chi connectivity index (χ0) is 16.8. The summed E-state index contributed by atoms with van der Waals surface area (Å²) in [6.45, 7) is 2.74. The zero-order valence-electron chi connectivity index (χ0n) is 14.5. The largest absolute Gasteiger partial charge is 0.462 e. The van der Waals surface area contributed by atoms with Gasteiger partial charge in [0.2, 0.25) is 0 Å². The molecule has 0 saturated carbocycles. The van der Waals surface area contributed by atoms with Crippen LogP contribution in [0.5, 0.6) is 0 Å². The van der Waals surface area contributed by atoms with Gasteiger partial charge in [0, 0.05) is 5.56 Å². The monoisotopic (exact) mass is 314 g/mol. The first-order valence-corrected chi connectivity index (χ1v) is 9.01. The lowest BCUT2D eigenvalue weighted by molar-refractivity contribution is 0.0497. The van der Waals surface area contributed by atoms with Crippen molar-refractivity contribution < 1.29 is 9.53 Å². The summed E-state index contributed by atoms with van der Waals surface area (Å²) < 4.78 is 5.29. The van der Waals surface area contributed by atoms with Crippen molar-refractivity contribution in [3.8, 4) is 12.3 Å². The van der Waals surface area contributed by atoms with E-state index >= 15 is 0 Å². The molecular weight excluding hydrogens is 284 g/mol. The molecule has 1 rings (SSSR count). The molecule has 0 aliphatic rings. The van der Waals surface area contributed by atoms with Gasteiger partial charge < -0.3 is 4.74 Å². The first-order valence-electron chi connectivity index (χ1n) is 9.01. The van der Waals surface area contributed by atoms with Crippen LogP contribution in [0.4, 0.5) is 0 Å². The highest BCUT2D eigenvalue weighted by Crippen LogP contribution is 2.11. The fourth-order valence-electron chi connectivity index (χ4n) is 2.57. The van der Waals surface area contributed by atoms with Crippen molar-refractivity contribution in [3.05, 3.63) is 35.4 Å². The van der Waals surface area contributed by atoms with E-state index in [1.807, 2.05) is 0 Å². The van der Waals surface area contributed by atoms with Crippen molar-refractivity contribution in [2.75, 3.05) is 6.61 Å². The van der Waals surface area contributed by atoms with Gasteiger partial charge in [-0.15, -0.1) is 6.42 Å². The van der Waals surface area contributed by atoms with Gasteiger partial charge >= 0.3 is 5.97 Å². The average Bonchev–Trinajstić information content (AvgIpc) is 2.59. The Hall–Kier alpha value is -1.75. The maximum Gasteiger partial charge on any atom is 0.338 e. The Labute approximate surface area is 141 Å². The standard InChI is InChI=1S/C21H30O2/c1-3-5-6-7-8-9-10-11-12-13-17-23-21(22)20-16-14-15-19(4-2)18-20/h2,14-16,18H,3,5-13,17H2,1H3. The maximum absolute atomic E-state index is 11.9. The van der Waals surface area contributed by atoms with Crippen LogP contribution >= 0.6 is 0 Å². The van der Waals surface area contributed by atoms with Gasteiger partial charge in [-0.05, 0) is 24.6 Å². The van der Waals surface area contributed by atoms with E-state index in [2.05, 4.69) is 12.8 Å². The van der Waals surface area contributed by atoms with Crippen molar-refractivity contribution in [1.29, 1.82) is 0 Å². The van der Waals surface area contributed by atoms with Crippen molar-refractivity contribution in [3.63, 3.8) is 0 Å². The lowest BCUT2D eigenvalue weighted by atomic mass is 10.1. The average molecular weight is 314 g/mol. The Morgan fingerprint density at radius 1 is 1.00 bits per heavy atom. The predicted molar refractivity (Wildman–Crippen MR) is 96.5 cm³/mol. The zero-order valence-corrected chi connectivity index (χ0v) is 14.5. The molecule has 0 atom stereocenters. The molecule has 0 unspecified atom stereocenters. The van der Waals surface area contributed by atoms with Crippen molar-refractivity contribution in [1.82, 2.24) is 0 Å². The van der Waals surface area contributed by atoms with Gasteiger partial charge in [0.15, 0.2) is 0 Å². The van der Waals surface area contributed by atoms with E-state index in [4.69, 9.17) is 11.2 Å². The number of carbonyl (C=O) groups excluding carboxylic acids is 1. The third kappa shape index (κ3) is 9.08. The van der Waals surface area contributed by atoms with E-state index in [1.54, 1.807) is 24.3 Å². The number of rotatable bonds is 12. The van der Waals surface area contributed by atoms with Gasteiger partial charge in [0.1, 0.15) is 0 Å². The fraction of sp³-hybridized carbons (Fsp3) is 0.571. The summed E-state index contributed by atoms with van der Waals surface area (Å²) in [6, 6.07) is 7.02. The summed E-state index contributed by atoms with van der Waals surface area (Å²) in [6.07, 6.45) is 18.1. The molecule has 1 aromatic rings. The Balaban J connectivity index is 2.00. The molecule has 1 aromatic carbocycles. The molecule has 2 heteroatoms. The van der Waals surface area contributed by atoms with Gasteiger partial charge in [0.25, 0.3) is 0 Å². The SMILES string of the molecule is C#Cc1cccc(C(=O)OCCCCCCCCCCCC)c1. The van der Waals surface area contributed by atoms with Crippen LogP contribution in [-0.4, -0.2) is 12.6 Å². The number of esters is 1. The highest BCUT2D eigenvalue weighted by Gasteiger charge is 2.06. The summed E-state index contributed by atoms with van der Waals surface area (Å²) in [4.78, 5) is 11.9. The fourth-order valence-corrected chi connectivity index (χ4v) is 2.57. The molecule has 23 heavy (non-hydrogen) atoms. The van der Waals surface area contributed by atoms with Gasteiger partial charge in [-0.3, -0.25) is 0 Å². The number of unbranched alkanes of at least 4 members (excludes halogenated alkanes) is 9. The predicted octanol–water partition coefficient (Wildman–Crippen LogP) is 5.75. The smallest absolute Gasteiger partial charge is 0.338 e. The van der Waals surface area contributed by atoms with Gasteiger partial charge in [-0.25, -0.2) is 4.79 Å². The maximum atomic E-state index is 11.9. The topological polar surface area (TPSA) is 26.3 Å². The molecule has 0 aromatic heterocycles. The third-order valence-corrected chi connectivity index (χ3v) is 4.00. The molecule has 0 heterocycles. The summed E-state index contributed by atoms with van der Waals surface area (Å²) in [5.74, 6) is 2.25. The molecule has 0 amide bonds. The van der Waals surface area contributed by atoms with Gasteiger partial charge in [-0.2, -0.15) is 0 Å². The lowest BCUT2D eigenvalue weighted by Gasteiger charge is -2.05. The molecule has 0 N–H and O–H groups in total. The molecule has 0 spiro atoms. The summed E-state index contributed by atoms with van der Waals surface area (Å²) in [7, 11) is 0. The second-order valence-corrected chi connectivity index (χ2v) is 6.04. The quantitative estimate of drug-likeness (QED) is 0.279. The van der Waals surface area contributed by atoms with Crippen LogP contribution in [0, 0.1) is 12.3 Å². The van der Waals surface area contributed by atoms with E-state index in [-0.39, 0.29) is 5.97 Å². The van der Waals surface area contributed by atoms with Crippen LogP contribution in [0.25, 0.3) is 0 Å². The van der Waals surface area contributed by atoms with Crippen molar-refractivity contribution in [2.24, 2.45) is 0 Å². The number of carbonyl (C=O) groups is 1. The van der Waals surface area contributed by atoms with Crippen molar-refractivity contribution in [2.45, 2.75) is 71.1 Å². The second kappa shape index (κ2) is 12.8. The summed E-state index contributed by atoms with van der Waals surface area (Å²) in [5, 5.41) is 0. The third-order valence-electron chi connectivity index (χ3n) is 4.00. The minimum atomic E-state index is -0.280. The molecule has 2 nitrogen and oxygen atoms in total. The number of ether oxygens (including phenoxy) is 1. The van der Waals surface area contributed by atoms with Crippen molar-refractivity contribution >= 4 is 5.97 Å². The number of hydrogen-bond donors (Lipinski definition) is 0. The molecule has 0 radical (unpaired) electrons. The van der Waals surface area contributed by atoms with E-state index in [9.17, 15) is 4.79 Å². The Bertz CT molecular complexity index is 485. The summed E-state index contributed by atoms with van der Waals surface area (Å²) in [5.41, 5.74) is 1.24. The van der Waals surface area contributed by atoms with Crippen LogP contribution in [0.1, 0.15) is 87.1 Å². The van der Waals surface area contributed by atoms with E-state index in [0.29, 0.717) is 17.7 Å². The molecule has 126 valence electrons. The van der Waals surface area contributed by atoms with Crippen LogP contribution in [-0.2, 0) is 4.74 Å². The molecular formula is C21H30O2. The van der Waals surface area contributed by atoms with E-state index in [0.717, 1.165) is 12.8 Å². The second-order valence-electron chi connectivity index (χ2n) is 6.04. The van der Waals surface area contributed by atoms with Gasteiger partial charge in [0.05, 0.1) is 12.2 Å². The van der Waals surface area contributed by atoms with Crippen LogP contribution in [0.3, 0.4) is 0 Å². The normalized spacial score (nSPS) is 10.3. The molecule has 0 aliphatic heterocycles. The highest BCUT2D eigenvalue weighted by atomic mass is 16.5. The first kappa shape index (κ1) is 19.3. The molecule has 0 fully saturated rings. The summed E-state index contributed by atoms with van der Waals surface area (Å²) >= 11 is 0.